The lowest BCUT2D eigenvalue weighted by Crippen LogP contribution is -2.49. The zero-order valence-electron chi connectivity index (χ0n) is 15.4. The van der Waals surface area contributed by atoms with E-state index in [-0.39, 0.29) is 16.6 Å². The topological polar surface area (TPSA) is 83.5 Å². The van der Waals surface area contributed by atoms with Crippen molar-refractivity contribution >= 4 is 33.0 Å². The van der Waals surface area contributed by atoms with Crippen molar-refractivity contribution in [3.05, 3.63) is 46.2 Å². The van der Waals surface area contributed by atoms with Gasteiger partial charge in [0.25, 0.3) is 5.91 Å². The van der Waals surface area contributed by atoms with Crippen molar-refractivity contribution in [2.75, 3.05) is 37.3 Å². The van der Waals surface area contributed by atoms with Crippen molar-refractivity contribution in [2.24, 2.45) is 0 Å². The van der Waals surface area contributed by atoms with Crippen LogP contribution < -0.4 is 4.90 Å². The third-order valence-corrected chi connectivity index (χ3v) is 5.88. The predicted molar refractivity (Wildman–Crippen MR) is 104 cm³/mol. The molecule has 0 radical (unpaired) electrons. The summed E-state index contributed by atoms with van der Waals surface area (Å²) in [5.74, 6) is -0.382. The zero-order chi connectivity index (χ0) is 19.8. The van der Waals surface area contributed by atoms with E-state index in [2.05, 4.69) is 40.8 Å². The first-order valence-corrected chi connectivity index (χ1v) is 10.8. The van der Waals surface area contributed by atoms with Gasteiger partial charge in [0.15, 0.2) is 5.69 Å². The van der Waals surface area contributed by atoms with Gasteiger partial charge in [0.05, 0.1) is 11.2 Å². The number of aromatic nitrogens is 2. The maximum absolute atomic E-state index is 12.8. The number of piperazine rings is 1. The molecule has 1 saturated heterocycles. The SMILES string of the molecule is Cc1cccc(N2CCN(C(=O)c3nc(S(C)(=O)=O)ncc3Cl)CC2)c1C. The molecular formula is C18H21ClN4O3S. The largest absolute Gasteiger partial charge is 0.368 e. The summed E-state index contributed by atoms with van der Waals surface area (Å²) in [6.07, 6.45) is 2.15. The van der Waals surface area contributed by atoms with Gasteiger partial charge in [-0.1, -0.05) is 23.7 Å². The van der Waals surface area contributed by atoms with Gasteiger partial charge in [-0.15, -0.1) is 0 Å². The lowest BCUT2D eigenvalue weighted by Gasteiger charge is -2.37. The molecular weight excluding hydrogens is 388 g/mol. The number of halogens is 1. The van der Waals surface area contributed by atoms with E-state index < -0.39 is 15.0 Å². The second-order valence-corrected chi connectivity index (χ2v) is 8.94. The maximum atomic E-state index is 12.8. The molecule has 144 valence electrons. The van der Waals surface area contributed by atoms with Gasteiger partial charge in [-0.2, -0.15) is 0 Å². The third kappa shape index (κ3) is 4.06. The summed E-state index contributed by atoms with van der Waals surface area (Å²) in [6.45, 7) is 6.53. The minimum absolute atomic E-state index is 0.0457. The van der Waals surface area contributed by atoms with E-state index in [1.807, 2.05) is 6.07 Å². The summed E-state index contributed by atoms with van der Waals surface area (Å²) in [4.78, 5) is 24.3. The van der Waals surface area contributed by atoms with Gasteiger partial charge >= 0.3 is 0 Å². The molecule has 1 aliphatic heterocycles. The molecule has 0 aliphatic carbocycles. The highest BCUT2D eigenvalue weighted by atomic mass is 35.5. The fourth-order valence-corrected chi connectivity index (χ4v) is 3.73. The van der Waals surface area contributed by atoms with Crippen LogP contribution in [0.3, 0.4) is 0 Å². The van der Waals surface area contributed by atoms with E-state index in [1.54, 1.807) is 4.90 Å². The Kier molecular flexibility index (Phi) is 5.39. The van der Waals surface area contributed by atoms with Crippen LogP contribution in [0.4, 0.5) is 5.69 Å². The van der Waals surface area contributed by atoms with E-state index in [0.29, 0.717) is 26.2 Å². The van der Waals surface area contributed by atoms with Gasteiger partial charge < -0.3 is 9.80 Å². The molecule has 0 saturated carbocycles. The second kappa shape index (κ2) is 7.44. The Balaban J connectivity index is 1.77. The molecule has 2 aromatic rings. The van der Waals surface area contributed by atoms with Crippen molar-refractivity contribution in [1.29, 1.82) is 0 Å². The number of nitrogens with zero attached hydrogens (tertiary/aromatic N) is 4. The Morgan fingerprint density at radius 3 is 2.44 bits per heavy atom. The number of rotatable bonds is 3. The van der Waals surface area contributed by atoms with Crippen LogP contribution in [0.5, 0.6) is 0 Å². The van der Waals surface area contributed by atoms with Crippen LogP contribution in [-0.4, -0.2) is 61.6 Å². The Morgan fingerprint density at radius 1 is 1.15 bits per heavy atom. The summed E-state index contributed by atoms with van der Waals surface area (Å²) < 4.78 is 23.3. The third-order valence-electron chi connectivity index (χ3n) is 4.74. The van der Waals surface area contributed by atoms with Crippen LogP contribution in [0.25, 0.3) is 0 Å². The molecule has 0 unspecified atom stereocenters. The normalized spacial score (nSPS) is 15.1. The van der Waals surface area contributed by atoms with E-state index in [4.69, 9.17) is 11.6 Å². The van der Waals surface area contributed by atoms with Gasteiger partial charge in [0.1, 0.15) is 0 Å². The molecule has 0 spiro atoms. The number of hydrogen-bond donors (Lipinski definition) is 0. The zero-order valence-corrected chi connectivity index (χ0v) is 17.0. The van der Waals surface area contributed by atoms with E-state index in [9.17, 15) is 13.2 Å². The van der Waals surface area contributed by atoms with Crippen LogP contribution >= 0.6 is 11.6 Å². The monoisotopic (exact) mass is 408 g/mol. The minimum Gasteiger partial charge on any atom is -0.368 e. The highest BCUT2D eigenvalue weighted by Crippen LogP contribution is 2.24. The molecule has 1 aromatic carbocycles. The number of hydrogen-bond acceptors (Lipinski definition) is 6. The summed E-state index contributed by atoms with van der Waals surface area (Å²) in [5.41, 5.74) is 3.55. The molecule has 9 heteroatoms. The van der Waals surface area contributed by atoms with Crippen LogP contribution in [0.1, 0.15) is 21.6 Å². The lowest BCUT2D eigenvalue weighted by molar-refractivity contribution is 0.0740. The minimum atomic E-state index is -3.62. The standard InChI is InChI=1S/C18H21ClN4O3S/c1-12-5-4-6-15(13(12)2)22-7-9-23(10-8-22)17(24)16-14(19)11-20-18(21-16)27(3,25)26/h4-6,11H,7-10H2,1-3H3. The Bertz CT molecular complexity index is 986. The molecule has 2 heterocycles. The number of benzene rings is 1. The molecule has 0 bridgehead atoms. The lowest BCUT2D eigenvalue weighted by atomic mass is 10.1. The molecule has 1 aromatic heterocycles. The summed E-state index contributed by atoms with van der Waals surface area (Å²) >= 11 is 6.05. The average Bonchev–Trinajstić information content (AvgIpc) is 2.63. The van der Waals surface area contributed by atoms with Crippen molar-refractivity contribution in [2.45, 2.75) is 19.0 Å². The van der Waals surface area contributed by atoms with Crippen LogP contribution in [0.2, 0.25) is 5.02 Å². The Labute approximate surface area is 163 Å². The molecule has 1 fully saturated rings. The molecule has 0 atom stereocenters. The first-order chi connectivity index (χ1) is 12.7. The maximum Gasteiger partial charge on any atom is 0.274 e. The van der Waals surface area contributed by atoms with Gasteiger partial charge in [-0.05, 0) is 31.0 Å². The van der Waals surface area contributed by atoms with Crippen molar-refractivity contribution in [1.82, 2.24) is 14.9 Å². The summed E-state index contributed by atoms with van der Waals surface area (Å²) in [6, 6.07) is 6.19. The quantitative estimate of drug-likeness (QED) is 0.723. The van der Waals surface area contributed by atoms with Crippen molar-refractivity contribution < 1.29 is 13.2 Å². The van der Waals surface area contributed by atoms with Crippen LogP contribution in [0, 0.1) is 13.8 Å². The number of anilines is 1. The molecule has 1 amide bonds. The summed E-state index contributed by atoms with van der Waals surface area (Å²) in [5, 5.41) is -0.353. The molecule has 27 heavy (non-hydrogen) atoms. The number of sulfone groups is 1. The van der Waals surface area contributed by atoms with Crippen LogP contribution in [0.15, 0.2) is 29.6 Å². The number of carbonyl (C=O) groups is 1. The molecule has 0 N–H and O–H groups in total. The molecule has 7 nitrogen and oxygen atoms in total. The number of amides is 1. The highest BCUT2D eigenvalue weighted by molar-refractivity contribution is 7.90. The van der Waals surface area contributed by atoms with Gasteiger partial charge in [0, 0.05) is 38.1 Å². The summed E-state index contributed by atoms with van der Waals surface area (Å²) in [7, 11) is -3.62. The van der Waals surface area contributed by atoms with E-state index >= 15 is 0 Å². The number of carbonyl (C=O) groups excluding carboxylic acids is 1. The Morgan fingerprint density at radius 2 is 1.81 bits per heavy atom. The fourth-order valence-electron chi connectivity index (χ4n) is 3.06. The first kappa shape index (κ1) is 19.6. The van der Waals surface area contributed by atoms with E-state index in [1.165, 1.54) is 16.8 Å². The van der Waals surface area contributed by atoms with Crippen molar-refractivity contribution in [3.8, 4) is 0 Å². The molecule has 3 rings (SSSR count). The predicted octanol–water partition coefficient (Wildman–Crippen LogP) is 2.11. The Hall–Kier alpha value is -2.19. The van der Waals surface area contributed by atoms with Gasteiger partial charge in [-0.25, -0.2) is 18.4 Å². The fraction of sp³-hybridized carbons (Fsp3) is 0.389. The van der Waals surface area contributed by atoms with Crippen LogP contribution in [-0.2, 0) is 9.84 Å². The molecule has 1 aliphatic rings. The smallest absolute Gasteiger partial charge is 0.274 e. The second-order valence-electron chi connectivity index (χ2n) is 6.62. The highest BCUT2D eigenvalue weighted by Gasteiger charge is 2.27. The van der Waals surface area contributed by atoms with E-state index in [0.717, 1.165) is 12.5 Å². The van der Waals surface area contributed by atoms with Gasteiger partial charge in [0.2, 0.25) is 15.0 Å². The average molecular weight is 409 g/mol. The first-order valence-electron chi connectivity index (χ1n) is 8.51. The van der Waals surface area contributed by atoms with Gasteiger partial charge in [-0.3, -0.25) is 4.79 Å². The van der Waals surface area contributed by atoms with Crippen molar-refractivity contribution in [3.63, 3.8) is 0 Å². The number of aryl methyl sites for hydroxylation is 1.